The summed E-state index contributed by atoms with van der Waals surface area (Å²) in [6.45, 7) is 4.53. The van der Waals surface area contributed by atoms with Gasteiger partial charge in [-0.15, -0.1) is 0 Å². The van der Waals surface area contributed by atoms with Gasteiger partial charge in [0, 0.05) is 20.2 Å². The molecule has 0 radical (unpaired) electrons. The first-order valence-electron chi connectivity index (χ1n) is 7.48. The molecule has 1 aromatic rings. The van der Waals surface area contributed by atoms with Crippen LogP contribution >= 0.6 is 0 Å². The molecule has 1 rings (SSSR count). The molecule has 0 unspecified atom stereocenters. The van der Waals surface area contributed by atoms with Crippen molar-refractivity contribution >= 4 is 11.9 Å². The molecule has 6 heteroatoms. The van der Waals surface area contributed by atoms with Crippen molar-refractivity contribution in [1.82, 2.24) is 15.5 Å². The monoisotopic (exact) mass is 307 g/mol. The third kappa shape index (κ3) is 7.75. The number of amides is 3. The number of methoxy groups -OCH3 is 1. The van der Waals surface area contributed by atoms with Gasteiger partial charge in [-0.1, -0.05) is 37.3 Å². The lowest BCUT2D eigenvalue weighted by Gasteiger charge is -2.21. The third-order valence-electron chi connectivity index (χ3n) is 3.00. The van der Waals surface area contributed by atoms with Crippen molar-refractivity contribution < 1.29 is 14.3 Å². The van der Waals surface area contributed by atoms with Gasteiger partial charge in [-0.25, -0.2) is 4.79 Å². The highest BCUT2D eigenvalue weighted by Gasteiger charge is 2.13. The van der Waals surface area contributed by atoms with E-state index in [0.29, 0.717) is 19.7 Å². The fourth-order valence-corrected chi connectivity index (χ4v) is 2.05. The van der Waals surface area contributed by atoms with E-state index in [9.17, 15) is 9.59 Å². The number of ether oxygens (including phenoxy) is 1. The topological polar surface area (TPSA) is 70.7 Å². The molecule has 22 heavy (non-hydrogen) atoms. The summed E-state index contributed by atoms with van der Waals surface area (Å²) in [5, 5.41) is 4.88. The molecule has 0 bridgehead atoms. The quantitative estimate of drug-likeness (QED) is 0.676. The molecule has 0 saturated carbocycles. The highest BCUT2D eigenvalue weighted by atomic mass is 16.5. The van der Waals surface area contributed by atoms with E-state index in [2.05, 4.69) is 17.6 Å². The zero-order valence-corrected chi connectivity index (χ0v) is 13.3. The van der Waals surface area contributed by atoms with Crippen LogP contribution in [0.5, 0.6) is 0 Å². The second kappa shape index (κ2) is 10.8. The number of carbonyl (C=O) groups is 2. The molecule has 0 aromatic heterocycles. The normalized spacial score (nSPS) is 10.5. The third-order valence-corrected chi connectivity index (χ3v) is 3.00. The maximum Gasteiger partial charge on any atom is 0.321 e. The zero-order chi connectivity index (χ0) is 16.2. The van der Waals surface area contributed by atoms with Gasteiger partial charge in [0.05, 0.1) is 13.2 Å². The van der Waals surface area contributed by atoms with Crippen LogP contribution in [0.1, 0.15) is 18.9 Å². The molecule has 1 aromatic carbocycles. The Morgan fingerprint density at radius 2 is 1.95 bits per heavy atom. The number of urea groups is 1. The van der Waals surface area contributed by atoms with Crippen LogP contribution in [0.2, 0.25) is 0 Å². The molecule has 122 valence electrons. The van der Waals surface area contributed by atoms with Crippen LogP contribution in [0.3, 0.4) is 0 Å². The standard InChI is InChI=1S/C16H25N3O3/c1-3-10-19(12-14-7-5-4-6-8-14)13-15(20)18-16(21)17-9-11-22-2/h4-8H,3,9-13H2,1-2H3,(H2,17,18,20,21). The number of imide groups is 1. The van der Waals surface area contributed by atoms with E-state index >= 15 is 0 Å². The molecule has 3 amide bonds. The Kier molecular flexibility index (Phi) is 8.86. The molecule has 0 aliphatic heterocycles. The van der Waals surface area contributed by atoms with Gasteiger partial charge in [-0.2, -0.15) is 0 Å². The Hall–Kier alpha value is -1.92. The van der Waals surface area contributed by atoms with Gasteiger partial charge in [-0.05, 0) is 18.5 Å². The van der Waals surface area contributed by atoms with Crippen LogP contribution in [-0.2, 0) is 16.1 Å². The Labute approximate surface area is 131 Å². The first kappa shape index (κ1) is 18.1. The van der Waals surface area contributed by atoms with Crippen LogP contribution in [0.4, 0.5) is 4.79 Å². The summed E-state index contributed by atoms with van der Waals surface area (Å²) in [5.74, 6) is -0.306. The molecular weight excluding hydrogens is 282 g/mol. The number of carbonyl (C=O) groups excluding carboxylic acids is 2. The maximum absolute atomic E-state index is 11.9. The number of rotatable bonds is 9. The molecule has 0 saturated heterocycles. The molecule has 0 aliphatic rings. The predicted octanol–water partition coefficient (Wildman–Crippen LogP) is 1.37. The maximum atomic E-state index is 11.9. The molecule has 0 atom stereocenters. The van der Waals surface area contributed by atoms with Gasteiger partial charge in [0.15, 0.2) is 0 Å². The second-order valence-electron chi connectivity index (χ2n) is 4.99. The van der Waals surface area contributed by atoms with Crippen molar-refractivity contribution in [3.8, 4) is 0 Å². The lowest BCUT2D eigenvalue weighted by molar-refractivity contribution is -0.121. The molecule has 0 aliphatic carbocycles. The van der Waals surface area contributed by atoms with Crippen LogP contribution in [0, 0.1) is 0 Å². The van der Waals surface area contributed by atoms with Gasteiger partial charge >= 0.3 is 6.03 Å². The number of nitrogens with one attached hydrogen (secondary N) is 2. The highest BCUT2D eigenvalue weighted by Crippen LogP contribution is 2.04. The first-order valence-corrected chi connectivity index (χ1v) is 7.48. The van der Waals surface area contributed by atoms with Crippen LogP contribution < -0.4 is 10.6 Å². The molecule has 2 N–H and O–H groups in total. The lowest BCUT2D eigenvalue weighted by atomic mass is 10.2. The van der Waals surface area contributed by atoms with Crippen molar-refractivity contribution in [1.29, 1.82) is 0 Å². The number of benzene rings is 1. The summed E-state index contributed by atoms with van der Waals surface area (Å²) < 4.78 is 4.82. The van der Waals surface area contributed by atoms with E-state index in [1.807, 2.05) is 35.2 Å². The largest absolute Gasteiger partial charge is 0.383 e. The van der Waals surface area contributed by atoms with Crippen molar-refractivity contribution in [2.75, 3.05) is 33.4 Å². The van der Waals surface area contributed by atoms with Crippen LogP contribution in [0.15, 0.2) is 30.3 Å². The fourth-order valence-electron chi connectivity index (χ4n) is 2.05. The Bertz CT molecular complexity index is 451. The average Bonchev–Trinajstić information content (AvgIpc) is 2.48. The number of hydrogen-bond acceptors (Lipinski definition) is 4. The van der Waals surface area contributed by atoms with Crippen molar-refractivity contribution in [3.63, 3.8) is 0 Å². The van der Waals surface area contributed by atoms with E-state index in [1.165, 1.54) is 0 Å². The summed E-state index contributed by atoms with van der Waals surface area (Å²) >= 11 is 0. The molecule has 6 nitrogen and oxygen atoms in total. The zero-order valence-electron chi connectivity index (χ0n) is 13.3. The van der Waals surface area contributed by atoms with Crippen molar-refractivity contribution in [2.45, 2.75) is 19.9 Å². The lowest BCUT2D eigenvalue weighted by Crippen LogP contribution is -2.45. The van der Waals surface area contributed by atoms with E-state index in [4.69, 9.17) is 4.74 Å². The van der Waals surface area contributed by atoms with Gasteiger partial charge in [0.25, 0.3) is 0 Å². The van der Waals surface area contributed by atoms with Gasteiger partial charge in [0.2, 0.25) is 5.91 Å². The Morgan fingerprint density at radius 1 is 1.23 bits per heavy atom. The van der Waals surface area contributed by atoms with Crippen LogP contribution in [0.25, 0.3) is 0 Å². The Balaban J connectivity index is 2.41. The summed E-state index contributed by atoms with van der Waals surface area (Å²) in [7, 11) is 1.55. The summed E-state index contributed by atoms with van der Waals surface area (Å²) in [6, 6.07) is 9.48. The minimum Gasteiger partial charge on any atom is -0.383 e. The van der Waals surface area contributed by atoms with E-state index in [-0.39, 0.29) is 12.5 Å². The van der Waals surface area contributed by atoms with E-state index < -0.39 is 6.03 Å². The van der Waals surface area contributed by atoms with Crippen molar-refractivity contribution in [3.05, 3.63) is 35.9 Å². The van der Waals surface area contributed by atoms with Crippen LogP contribution in [-0.4, -0.2) is 50.2 Å². The summed E-state index contributed by atoms with van der Waals surface area (Å²) in [5.41, 5.74) is 1.15. The average molecular weight is 307 g/mol. The number of hydrogen-bond donors (Lipinski definition) is 2. The molecule has 0 heterocycles. The minimum absolute atomic E-state index is 0.195. The molecule has 0 spiro atoms. The smallest absolute Gasteiger partial charge is 0.321 e. The first-order chi connectivity index (χ1) is 10.7. The Morgan fingerprint density at radius 3 is 2.59 bits per heavy atom. The van der Waals surface area contributed by atoms with Crippen molar-refractivity contribution in [2.24, 2.45) is 0 Å². The van der Waals surface area contributed by atoms with E-state index in [0.717, 1.165) is 18.5 Å². The number of nitrogens with zero attached hydrogens (tertiary/aromatic N) is 1. The fraction of sp³-hybridized carbons (Fsp3) is 0.500. The van der Waals surface area contributed by atoms with Gasteiger partial charge in [-0.3, -0.25) is 15.0 Å². The summed E-state index contributed by atoms with van der Waals surface area (Å²) in [6.07, 6.45) is 0.945. The molecule has 0 fully saturated rings. The molecular formula is C16H25N3O3. The predicted molar refractivity (Wildman–Crippen MR) is 85.4 cm³/mol. The SMILES string of the molecule is CCCN(CC(=O)NC(=O)NCCOC)Cc1ccccc1. The van der Waals surface area contributed by atoms with E-state index in [1.54, 1.807) is 7.11 Å². The van der Waals surface area contributed by atoms with Gasteiger partial charge < -0.3 is 10.1 Å². The minimum atomic E-state index is -0.488. The highest BCUT2D eigenvalue weighted by molar-refractivity contribution is 5.95. The second-order valence-corrected chi connectivity index (χ2v) is 4.99. The van der Waals surface area contributed by atoms with Gasteiger partial charge in [0.1, 0.15) is 0 Å². The summed E-state index contributed by atoms with van der Waals surface area (Å²) in [4.78, 5) is 25.4.